The number of ether oxygens (including phenoxy) is 1. The molecular weight excluding hydrogens is 158 g/mol. The molecule has 1 aliphatic heterocycles. The smallest absolute Gasteiger partial charge is 0.320 e. The number of nitrogens with two attached hydrogens (primary N) is 1. The van der Waals surface area contributed by atoms with Gasteiger partial charge >= 0.3 is 5.97 Å². The highest BCUT2D eigenvalue weighted by Crippen LogP contribution is 1.87. The molecule has 1 heterocycles. The van der Waals surface area contributed by atoms with Crippen LogP contribution in [-0.4, -0.2) is 23.7 Å². The number of allylic oxidation sites excluding steroid dienone is 2. The van der Waals surface area contributed by atoms with Crippen molar-refractivity contribution in [1.29, 1.82) is 0 Å². The van der Waals surface area contributed by atoms with E-state index in [1.54, 1.807) is 6.26 Å². The van der Waals surface area contributed by atoms with E-state index in [1.807, 2.05) is 18.2 Å². The average molecular weight is 171 g/mol. The fourth-order valence-corrected chi connectivity index (χ4v) is 0.346. The van der Waals surface area contributed by atoms with Gasteiger partial charge in [-0.25, -0.2) is 0 Å². The Morgan fingerprint density at radius 2 is 2.25 bits per heavy atom. The second kappa shape index (κ2) is 6.42. The van der Waals surface area contributed by atoms with Crippen molar-refractivity contribution < 1.29 is 14.6 Å². The second-order valence-electron chi connectivity index (χ2n) is 2.22. The summed E-state index contributed by atoms with van der Waals surface area (Å²) < 4.78 is 4.80. The zero-order chi connectivity index (χ0) is 9.40. The summed E-state index contributed by atoms with van der Waals surface area (Å²) in [6.07, 6.45) is 7.47. The van der Waals surface area contributed by atoms with E-state index in [2.05, 4.69) is 0 Å². The summed E-state index contributed by atoms with van der Waals surface area (Å²) in [5, 5.41) is 7.87. The molecule has 0 radical (unpaired) electrons. The number of rotatable bonds is 1. The van der Waals surface area contributed by atoms with Crippen LogP contribution in [0.1, 0.15) is 6.92 Å². The van der Waals surface area contributed by atoms with E-state index in [9.17, 15) is 4.79 Å². The van der Waals surface area contributed by atoms with Crippen LogP contribution in [0, 0.1) is 0 Å². The van der Waals surface area contributed by atoms with Crippen molar-refractivity contribution in [3.05, 3.63) is 24.5 Å². The molecule has 68 valence electrons. The molecule has 0 aromatic heterocycles. The van der Waals surface area contributed by atoms with Gasteiger partial charge in [0.2, 0.25) is 0 Å². The minimum atomic E-state index is -0.963. The van der Waals surface area contributed by atoms with Crippen molar-refractivity contribution >= 4 is 5.97 Å². The molecule has 4 heteroatoms. The molecule has 3 N–H and O–H groups in total. The van der Waals surface area contributed by atoms with Gasteiger partial charge in [0.05, 0.1) is 6.26 Å². The zero-order valence-electron chi connectivity index (χ0n) is 6.93. The SMILES string of the molecule is C1=CCOC=C1.CC(N)C(=O)O. The van der Waals surface area contributed by atoms with E-state index >= 15 is 0 Å². The molecule has 0 saturated carbocycles. The predicted molar refractivity (Wildman–Crippen MR) is 45.5 cm³/mol. The molecule has 0 fully saturated rings. The number of aliphatic carboxylic acids is 1. The number of carboxylic acid groups (broad SMARTS) is 1. The maximum absolute atomic E-state index is 9.57. The molecule has 1 rings (SSSR count). The van der Waals surface area contributed by atoms with Gasteiger partial charge in [-0.2, -0.15) is 0 Å². The Labute approximate surface area is 71.3 Å². The van der Waals surface area contributed by atoms with Gasteiger partial charge in [-0.15, -0.1) is 0 Å². The Balaban J connectivity index is 0.000000202. The highest BCUT2D eigenvalue weighted by atomic mass is 16.5. The highest BCUT2D eigenvalue weighted by molar-refractivity contribution is 5.72. The van der Waals surface area contributed by atoms with Gasteiger partial charge in [0.25, 0.3) is 0 Å². The first-order valence-corrected chi connectivity index (χ1v) is 3.56. The zero-order valence-corrected chi connectivity index (χ0v) is 6.93. The van der Waals surface area contributed by atoms with Crippen LogP contribution in [0.2, 0.25) is 0 Å². The lowest BCUT2D eigenvalue weighted by Crippen LogP contribution is -2.25. The average Bonchev–Trinajstić information content (AvgIpc) is 2.08. The third kappa shape index (κ3) is 6.82. The summed E-state index contributed by atoms with van der Waals surface area (Å²) in [6, 6.07) is -0.731. The van der Waals surface area contributed by atoms with Gasteiger partial charge in [-0.3, -0.25) is 4.79 Å². The lowest BCUT2D eigenvalue weighted by Gasteiger charge is -1.94. The van der Waals surface area contributed by atoms with Crippen LogP contribution >= 0.6 is 0 Å². The van der Waals surface area contributed by atoms with Gasteiger partial charge in [0.15, 0.2) is 0 Å². The minimum Gasteiger partial charge on any atom is -0.497 e. The van der Waals surface area contributed by atoms with Crippen molar-refractivity contribution in [3.8, 4) is 0 Å². The Bertz CT molecular complexity index is 173. The van der Waals surface area contributed by atoms with Gasteiger partial charge in [0.1, 0.15) is 12.6 Å². The molecule has 1 atom stereocenters. The van der Waals surface area contributed by atoms with Crippen molar-refractivity contribution in [2.75, 3.05) is 6.61 Å². The molecule has 12 heavy (non-hydrogen) atoms. The van der Waals surface area contributed by atoms with E-state index in [0.717, 1.165) is 6.61 Å². The van der Waals surface area contributed by atoms with Crippen LogP contribution in [-0.2, 0) is 9.53 Å². The quantitative estimate of drug-likeness (QED) is 0.602. The predicted octanol–water partition coefficient (Wildman–Crippen LogP) is 0.505. The topological polar surface area (TPSA) is 72.5 Å². The summed E-state index contributed by atoms with van der Waals surface area (Å²) in [5.74, 6) is -0.963. The standard InChI is InChI=1S/C5H6O.C3H7NO2/c1-2-4-6-5-3-1;1-2(4)3(5)6/h1-4H,5H2;2H,4H2,1H3,(H,5,6). The number of hydrogen-bond acceptors (Lipinski definition) is 3. The summed E-state index contributed by atoms with van der Waals surface area (Å²) >= 11 is 0. The first kappa shape index (κ1) is 10.7. The van der Waals surface area contributed by atoms with Crippen LogP contribution in [0.25, 0.3) is 0 Å². The maximum atomic E-state index is 9.57. The Hall–Kier alpha value is -1.29. The number of hydrogen-bond donors (Lipinski definition) is 2. The van der Waals surface area contributed by atoms with Crippen LogP contribution in [0.5, 0.6) is 0 Å². The van der Waals surface area contributed by atoms with E-state index in [0.29, 0.717) is 0 Å². The molecular formula is C8H13NO3. The van der Waals surface area contributed by atoms with Crippen LogP contribution < -0.4 is 5.73 Å². The van der Waals surface area contributed by atoms with E-state index in [1.165, 1.54) is 6.92 Å². The van der Waals surface area contributed by atoms with E-state index in [4.69, 9.17) is 15.6 Å². The second-order valence-corrected chi connectivity index (χ2v) is 2.22. The molecule has 0 aliphatic carbocycles. The molecule has 0 aromatic carbocycles. The maximum Gasteiger partial charge on any atom is 0.320 e. The minimum absolute atomic E-state index is 0.731. The lowest BCUT2D eigenvalue weighted by atomic mass is 10.4. The number of carbonyl (C=O) groups is 1. The number of carboxylic acids is 1. The van der Waals surface area contributed by atoms with Gasteiger partial charge in [-0.05, 0) is 19.1 Å². The van der Waals surface area contributed by atoms with Gasteiger partial charge in [-0.1, -0.05) is 6.08 Å². The Kier molecular flexibility index (Phi) is 5.73. The monoisotopic (exact) mass is 171 g/mol. The molecule has 0 saturated heterocycles. The normalized spacial score (nSPS) is 15.5. The summed E-state index contributed by atoms with van der Waals surface area (Å²) in [5.41, 5.74) is 4.84. The van der Waals surface area contributed by atoms with E-state index < -0.39 is 12.0 Å². The van der Waals surface area contributed by atoms with Gasteiger partial charge < -0.3 is 15.6 Å². The molecule has 0 spiro atoms. The third-order valence-corrected chi connectivity index (χ3v) is 1.00. The highest BCUT2D eigenvalue weighted by Gasteiger charge is 1.99. The molecule has 1 unspecified atom stereocenters. The summed E-state index contributed by atoms with van der Waals surface area (Å²) in [7, 11) is 0. The molecule has 1 aliphatic rings. The van der Waals surface area contributed by atoms with Crippen molar-refractivity contribution in [3.63, 3.8) is 0 Å². The lowest BCUT2D eigenvalue weighted by molar-refractivity contribution is -0.138. The molecule has 0 aromatic rings. The van der Waals surface area contributed by atoms with Crippen LogP contribution in [0.15, 0.2) is 24.5 Å². The van der Waals surface area contributed by atoms with Gasteiger partial charge in [0, 0.05) is 0 Å². The Morgan fingerprint density at radius 3 is 2.33 bits per heavy atom. The molecule has 4 nitrogen and oxygen atoms in total. The van der Waals surface area contributed by atoms with Crippen LogP contribution in [0.3, 0.4) is 0 Å². The third-order valence-electron chi connectivity index (χ3n) is 1.00. The van der Waals surface area contributed by atoms with Crippen molar-refractivity contribution in [2.24, 2.45) is 5.73 Å². The fourth-order valence-electron chi connectivity index (χ4n) is 0.346. The largest absolute Gasteiger partial charge is 0.497 e. The summed E-state index contributed by atoms with van der Waals surface area (Å²) in [6.45, 7) is 2.15. The molecule has 0 amide bonds. The van der Waals surface area contributed by atoms with Crippen molar-refractivity contribution in [2.45, 2.75) is 13.0 Å². The first-order chi connectivity index (χ1) is 5.64. The van der Waals surface area contributed by atoms with Crippen molar-refractivity contribution in [1.82, 2.24) is 0 Å². The summed E-state index contributed by atoms with van der Waals surface area (Å²) in [4.78, 5) is 9.57. The Morgan fingerprint density at radius 1 is 1.67 bits per heavy atom. The van der Waals surface area contributed by atoms with E-state index in [-0.39, 0.29) is 0 Å². The fraction of sp³-hybridized carbons (Fsp3) is 0.375. The van der Waals surface area contributed by atoms with Crippen LogP contribution in [0.4, 0.5) is 0 Å². The first-order valence-electron chi connectivity index (χ1n) is 3.56. The molecule has 0 bridgehead atoms.